The van der Waals surface area contributed by atoms with Gasteiger partial charge in [0.2, 0.25) is 0 Å². The molecule has 1 fully saturated rings. The van der Waals surface area contributed by atoms with Crippen molar-refractivity contribution < 1.29 is 4.52 Å². The van der Waals surface area contributed by atoms with Gasteiger partial charge < -0.3 is 4.52 Å². The van der Waals surface area contributed by atoms with E-state index in [2.05, 4.69) is 61.2 Å². The number of aryl methyl sites for hydroxylation is 1. The molecule has 112 valence electrons. The zero-order valence-electron chi connectivity index (χ0n) is 13.2. The van der Waals surface area contributed by atoms with Crippen molar-refractivity contribution in [2.45, 2.75) is 52.1 Å². The molecule has 1 aliphatic rings. The molecule has 2 heterocycles. The first-order valence-electron chi connectivity index (χ1n) is 7.89. The highest BCUT2D eigenvalue weighted by Gasteiger charge is 2.29. The molecule has 0 amide bonds. The molecule has 1 atom stereocenters. The Balaban J connectivity index is 1.74. The fraction of sp³-hybridized carbons (Fsp3) is 0.500. The standard InChI is InChI=1S/C18H24N2O/c1-13(2)16-11-18(21-19-16)17-5-4-10-20(17)12-15-8-6-14(3)7-9-15/h6-9,11,13,17H,4-5,10,12H2,1-3H3/t17-/m0/s1. The van der Waals surface area contributed by atoms with Crippen LogP contribution in [-0.4, -0.2) is 16.6 Å². The molecule has 1 aromatic heterocycles. The van der Waals surface area contributed by atoms with Gasteiger partial charge in [0, 0.05) is 12.6 Å². The van der Waals surface area contributed by atoms with Gasteiger partial charge in [-0.05, 0) is 37.8 Å². The first-order chi connectivity index (χ1) is 10.1. The van der Waals surface area contributed by atoms with Crippen molar-refractivity contribution in [2.24, 2.45) is 0 Å². The minimum Gasteiger partial charge on any atom is -0.359 e. The Bertz CT molecular complexity index is 586. The number of nitrogens with zero attached hydrogens (tertiary/aromatic N) is 2. The fourth-order valence-corrected chi connectivity index (χ4v) is 3.00. The molecular weight excluding hydrogens is 260 g/mol. The van der Waals surface area contributed by atoms with Crippen molar-refractivity contribution >= 4 is 0 Å². The summed E-state index contributed by atoms with van der Waals surface area (Å²) in [6.07, 6.45) is 2.40. The third-order valence-corrected chi connectivity index (χ3v) is 4.34. The lowest BCUT2D eigenvalue weighted by atomic mass is 10.1. The van der Waals surface area contributed by atoms with Crippen LogP contribution in [0.25, 0.3) is 0 Å². The van der Waals surface area contributed by atoms with Crippen LogP contribution in [0.2, 0.25) is 0 Å². The van der Waals surface area contributed by atoms with E-state index in [1.54, 1.807) is 0 Å². The van der Waals surface area contributed by atoms with Gasteiger partial charge in [-0.1, -0.05) is 48.8 Å². The monoisotopic (exact) mass is 284 g/mol. The Morgan fingerprint density at radius 2 is 2.05 bits per heavy atom. The summed E-state index contributed by atoms with van der Waals surface area (Å²) >= 11 is 0. The quantitative estimate of drug-likeness (QED) is 0.831. The second-order valence-electron chi connectivity index (χ2n) is 6.42. The molecule has 3 heteroatoms. The van der Waals surface area contributed by atoms with Crippen molar-refractivity contribution in [1.82, 2.24) is 10.1 Å². The number of hydrogen-bond acceptors (Lipinski definition) is 3. The van der Waals surface area contributed by atoms with Gasteiger partial charge in [-0.25, -0.2) is 0 Å². The van der Waals surface area contributed by atoms with Gasteiger partial charge in [0.25, 0.3) is 0 Å². The van der Waals surface area contributed by atoms with Crippen molar-refractivity contribution in [2.75, 3.05) is 6.54 Å². The van der Waals surface area contributed by atoms with Crippen molar-refractivity contribution in [3.63, 3.8) is 0 Å². The van der Waals surface area contributed by atoms with E-state index in [9.17, 15) is 0 Å². The van der Waals surface area contributed by atoms with Gasteiger partial charge in [0.1, 0.15) is 0 Å². The summed E-state index contributed by atoms with van der Waals surface area (Å²) in [5.41, 5.74) is 3.75. The average Bonchev–Trinajstić information content (AvgIpc) is 3.09. The Morgan fingerprint density at radius 1 is 1.29 bits per heavy atom. The van der Waals surface area contributed by atoms with Crippen LogP contribution in [0.1, 0.15) is 61.2 Å². The molecule has 3 rings (SSSR count). The van der Waals surface area contributed by atoms with E-state index in [1.807, 2.05) is 0 Å². The van der Waals surface area contributed by atoms with Crippen LogP contribution in [0.4, 0.5) is 0 Å². The lowest BCUT2D eigenvalue weighted by molar-refractivity contribution is 0.206. The SMILES string of the molecule is Cc1ccc(CN2CCC[C@H]2c2cc(C(C)C)no2)cc1. The highest BCUT2D eigenvalue weighted by molar-refractivity contribution is 5.22. The summed E-state index contributed by atoms with van der Waals surface area (Å²) in [4.78, 5) is 2.51. The van der Waals surface area contributed by atoms with Crippen LogP contribution in [0.5, 0.6) is 0 Å². The second-order valence-corrected chi connectivity index (χ2v) is 6.42. The second kappa shape index (κ2) is 6.02. The van der Waals surface area contributed by atoms with Crippen LogP contribution in [0, 0.1) is 6.92 Å². The fourth-order valence-electron chi connectivity index (χ4n) is 3.00. The predicted molar refractivity (Wildman–Crippen MR) is 84.2 cm³/mol. The van der Waals surface area contributed by atoms with Crippen molar-refractivity contribution in [3.8, 4) is 0 Å². The predicted octanol–water partition coefficient (Wildman–Crippen LogP) is 4.44. The van der Waals surface area contributed by atoms with E-state index in [0.717, 1.165) is 24.5 Å². The van der Waals surface area contributed by atoms with Crippen LogP contribution < -0.4 is 0 Å². The van der Waals surface area contributed by atoms with Crippen LogP contribution in [0.3, 0.4) is 0 Å². The van der Waals surface area contributed by atoms with E-state index in [1.165, 1.54) is 24.0 Å². The summed E-state index contributed by atoms with van der Waals surface area (Å²) in [5, 5.41) is 4.21. The molecule has 0 bridgehead atoms. The summed E-state index contributed by atoms with van der Waals surface area (Å²) in [7, 11) is 0. The molecular formula is C18H24N2O. The molecule has 2 aromatic rings. The normalized spacial score (nSPS) is 19.5. The average molecular weight is 284 g/mol. The molecule has 1 aliphatic heterocycles. The van der Waals surface area contributed by atoms with Gasteiger partial charge in [-0.2, -0.15) is 0 Å². The van der Waals surface area contributed by atoms with Gasteiger partial charge >= 0.3 is 0 Å². The summed E-state index contributed by atoms with van der Waals surface area (Å²) in [6, 6.07) is 11.3. The Labute approximate surface area is 126 Å². The third-order valence-electron chi connectivity index (χ3n) is 4.34. The zero-order valence-corrected chi connectivity index (χ0v) is 13.2. The lowest BCUT2D eigenvalue weighted by Gasteiger charge is -2.22. The Kier molecular flexibility index (Phi) is 4.11. The molecule has 0 unspecified atom stereocenters. The minimum absolute atomic E-state index is 0.381. The molecule has 0 saturated carbocycles. The van der Waals surface area contributed by atoms with Gasteiger partial charge in [0.05, 0.1) is 11.7 Å². The van der Waals surface area contributed by atoms with Gasteiger partial charge in [0.15, 0.2) is 5.76 Å². The van der Waals surface area contributed by atoms with E-state index in [4.69, 9.17) is 4.52 Å². The Hall–Kier alpha value is -1.61. The smallest absolute Gasteiger partial charge is 0.154 e. The topological polar surface area (TPSA) is 29.3 Å². The van der Waals surface area contributed by atoms with E-state index >= 15 is 0 Å². The molecule has 0 radical (unpaired) electrons. The summed E-state index contributed by atoms with van der Waals surface area (Å²) in [6.45, 7) is 8.56. The lowest BCUT2D eigenvalue weighted by Crippen LogP contribution is -2.22. The van der Waals surface area contributed by atoms with E-state index in [-0.39, 0.29) is 0 Å². The first kappa shape index (κ1) is 14.3. The van der Waals surface area contributed by atoms with Gasteiger partial charge in [-0.3, -0.25) is 4.90 Å². The number of hydrogen-bond donors (Lipinski definition) is 0. The molecule has 0 aliphatic carbocycles. The molecule has 1 saturated heterocycles. The highest BCUT2D eigenvalue weighted by Crippen LogP contribution is 2.34. The summed E-state index contributed by atoms with van der Waals surface area (Å²) < 4.78 is 5.61. The molecule has 3 nitrogen and oxygen atoms in total. The van der Waals surface area contributed by atoms with Crippen molar-refractivity contribution in [1.29, 1.82) is 0 Å². The zero-order chi connectivity index (χ0) is 14.8. The maximum absolute atomic E-state index is 5.61. The third kappa shape index (κ3) is 3.18. The maximum atomic E-state index is 5.61. The van der Waals surface area contributed by atoms with E-state index < -0.39 is 0 Å². The maximum Gasteiger partial charge on any atom is 0.154 e. The number of aromatic nitrogens is 1. The number of likely N-dealkylation sites (tertiary alicyclic amines) is 1. The summed E-state index contributed by atoms with van der Waals surface area (Å²) in [5.74, 6) is 1.46. The first-order valence-corrected chi connectivity index (χ1v) is 7.89. The van der Waals surface area contributed by atoms with E-state index in [0.29, 0.717) is 12.0 Å². The number of rotatable bonds is 4. The highest BCUT2D eigenvalue weighted by atomic mass is 16.5. The largest absolute Gasteiger partial charge is 0.359 e. The molecule has 0 N–H and O–H groups in total. The number of benzene rings is 1. The van der Waals surface area contributed by atoms with Gasteiger partial charge in [-0.15, -0.1) is 0 Å². The van der Waals surface area contributed by atoms with Crippen LogP contribution in [0.15, 0.2) is 34.9 Å². The van der Waals surface area contributed by atoms with Crippen LogP contribution in [-0.2, 0) is 6.54 Å². The van der Waals surface area contributed by atoms with Crippen molar-refractivity contribution in [3.05, 3.63) is 52.9 Å². The molecule has 1 aromatic carbocycles. The Morgan fingerprint density at radius 3 is 2.71 bits per heavy atom. The molecule has 0 spiro atoms. The van der Waals surface area contributed by atoms with Crippen LogP contribution >= 0.6 is 0 Å². The minimum atomic E-state index is 0.381. The molecule has 21 heavy (non-hydrogen) atoms.